The molecule has 1 fully saturated rings. The van der Waals surface area contributed by atoms with Crippen molar-refractivity contribution in [1.82, 2.24) is 9.30 Å². The van der Waals surface area contributed by atoms with Crippen molar-refractivity contribution in [3.63, 3.8) is 0 Å². The molecule has 0 radical (unpaired) electrons. The van der Waals surface area contributed by atoms with E-state index < -0.39 is 11.7 Å². The fourth-order valence-corrected chi connectivity index (χ4v) is 4.62. The van der Waals surface area contributed by atoms with Crippen molar-refractivity contribution in [1.29, 1.82) is 0 Å². The average Bonchev–Trinajstić information content (AvgIpc) is 3.27. The van der Waals surface area contributed by atoms with Gasteiger partial charge >= 0.3 is 0 Å². The second-order valence-corrected chi connectivity index (χ2v) is 8.66. The zero-order valence-corrected chi connectivity index (χ0v) is 19.5. The molecule has 7 heteroatoms. The minimum Gasteiger partial charge on any atom is -0.497 e. The van der Waals surface area contributed by atoms with Crippen LogP contribution in [-0.2, 0) is 4.79 Å². The largest absolute Gasteiger partial charge is 0.497 e. The lowest BCUT2D eigenvalue weighted by Crippen LogP contribution is -2.50. The Hall–Kier alpha value is -3.77. The number of hydrogen-bond donors (Lipinski definition) is 0. The van der Waals surface area contributed by atoms with E-state index in [1.165, 1.54) is 0 Å². The van der Waals surface area contributed by atoms with E-state index >= 15 is 0 Å². The molecule has 4 aromatic rings. The third-order valence-corrected chi connectivity index (χ3v) is 6.47. The Kier molecular flexibility index (Phi) is 5.99. The Balaban J connectivity index is 1.41. The maximum absolute atomic E-state index is 13.6. The quantitative estimate of drug-likeness (QED) is 0.308. The van der Waals surface area contributed by atoms with Gasteiger partial charge in [0.1, 0.15) is 11.4 Å². The molecule has 1 amide bonds. The number of aromatic nitrogens is 1. The van der Waals surface area contributed by atoms with Gasteiger partial charge in [-0.15, -0.1) is 0 Å². The molecular weight excluding hydrogens is 450 g/mol. The highest BCUT2D eigenvalue weighted by Gasteiger charge is 2.30. The number of hydrogen-bond acceptors (Lipinski definition) is 4. The molecule has 172 valence electrons. The van der Waals surface area contributed by atoms with Crippen LogP contribution in [0.2, 0.25) is 5.02 Å². The number of amides is 1. The predicted octanol–water partition coefficient (Wildman–Crippen LogP) is 4.80. The lowest BCUT2D eigenvalue weighted by atomic mass is 10.0. The molecule has 3 heterocycles. The van der Waals surface area contributed by atoms with Gasteiger partial charge in [-0.2, -0.15) is 0 Å². The summed E-state index contributed by atoms with van der Waals surface area (Å²) in [6, 6.07) is 22.8. The van der Waals surface area contributed by atoms with Gasteiger partial charge in [0.2, 0.25) is 0 Å². The molecule has 34 heavy (non-hydrogen) atoms. The molecule has 5 rings (SSSR count). The first-order valence-corrected chi connectivity index (χ1v) is 11.5. The van der Waals surface area contributed by atoms with Crippen molar-refractivity contribution in [3.05, 3.63) is 89.7 Å². The van der Waals surface area contributed by atoms with Crippen molar-refractivity contribution in [3.8, 4) is 16.9 Å². The van der Waals surface area contributed by atoms with Gasteiger partial charge in [-0.1, -0.05) is 35.9 Å². The average molecular weight is 474 g/mol. The second-order valence-electron chi connectivity index (χ2n) is 8.22. The molecule has 6 nitrogen and oxygen atoms in total. The molecule has 0 unspecified atom stereocenters. The number of methoxy groups -OCH3 is 1. The second kappa shape index (κ2) is 9.23. The summed E-state index contributed by atoms with van der Waals surface area (Å²) in [7, 11) is 1.61. The van der Waals surface area contributed by atoms with Gasteiger partial charge in [-0.3, -0.25) is 9.59 Å². The first kappa shape index (κ1) is 22.0. The topological polar surface area (TPSA) is 54.3 Å². The summed E-state index contributed by atoms with van der Waals surface area (Å²) in [6.45, 7) is 2.22. The summed E-state index contributed by atoms with van der Waals surface area (Å²) in [6.07, 6.45) is 1.82. The fourth-order valence-electron chi connectivity index (χ4n) is 4.43. The van der Waals surface area contributed by atoms with Gasteiger partial charge in [-0.05, 0) is 54.1 Å². The number of benzene rings is 2. The molecular formula is C27H24ClN3O3. The number of piperazine rings is 1. The van der Waals surface area contributed by atoms with Gasteiger partial charge in [0, 0.05) is 54.2 Å². The SMILES string of the molecule is COc1ccc(-c2cc3ccccn3c2C(=O)C(=O)N2CCN(c3cccc(Cl)c3)CC2)cc1. The van der Waals surface area contributed by atoms with Crippen LogP contribution in [-0.4, -0.2) is 54.3 Å². The standard InChI is InChI=1S/C27H24ClN3O3/c1-34-23-10-8-19(9-11-23)24-18-22-6-2-3-12-31(22)25(24)26(32)27(33)30-15-13-29(14-16-30)21-7-4-5-20(28)17-21/h2-12,17-18H,13-16H2,1H3. The molecule has 1 saturated heterocycles. The van der Waals surface area contributed by atoms with Crippen LogP contribution in [0.3, 0.4) is 0 Å². The number of halogens is 1. The Morgan fingerprint density at radius 3 is 2.35 bits per heavy atom. The van der Waals surface area contributed by atoms with Crippen LogP contribution in [0.5, 0.6) is 5.75 Å². The van der Waals surface area contributed by atoms with Crippen LogP contribution in [0, 0.1) is 0 Å². The Morgan fingerprint density at radius 1 is 0.882 bits per heavy atom. The van der Waals surface area contributed by atoms with Crippen LogP contribution in [0.15, 0.2) is 79.0 Å². The molecule has 0 atom stereocenters. The van der Waals surface area contributed by atoms with Gasteiger partial charge < -0.3 is 18.9 Å². The van der Waals surface area contributed by atoms with Crippen LogP contribution < -0.4 is 9.64 Å². The molecule has 1 aliphatic rings. The van der Waals surface area contributed by atoms with Crippen LogP contribution in [0.25, 0.3) is 16.6 Å². The van der Waals surface area contributed by atoms with Crippen LogP contribution in [0.1, 0.15) is 10.5 Å². The minimum atomic E-state index is -0.506. The van der Waals surface area contributed by atoms with Crippen molar-refractivity contribution >= 4 is 34.5 Å². The molecule has 0 bridgehead atoms. The van der Waals surface area contributed by atoms with Crippen molar-refractivity contribution in [2.24, 2.45) is 0 Å². The first-order valence-electron chi connectivity index (χ1n) is 11.1. The molecule has 0 spiro atoms. The number of nitrogens with zero attached hydrogens (tertiary/aromatic N) is 3. The highest BCUT2D eigenvalue weighted by molar-refractivity contribution is 6.43. The van der Waals surface area contributed by atoms with E-state index in [0.717, 1.165) is 28.1 Å². The molecule has 0 aliphatic carbocycles. The molecule has 1 aliphatic heterocycles. The van der Waals surface area contributed by atoms with E-state index in [2.05, 4.69) is 4.90 Å². The number of ether oxygens (including phenoxy) is 1. The van der Waals surface area contributed by atoms with E-state index in [9.17, 15) is 9.59 Å². The van der Waals surface area contributed by atoms with Crippen molar-refractivity contribution in [2.45, 2.75) is 0 Å². The minimum absolute atomic E-state index is 0.378. The van der Waals surface area contributed by atoms with Gasteiger partial charge in [0.25, 0.3) is 11.7 Å². The molecule has 0 N–H and O–H groups in total. The Morgan fingerprint density at radius 2 is 1.65 bits per heavy atom. The number of Topliss-reactive ketones (excluding diaryl/α,β-unsaturated/α-hetero) is 1. The third-order valence-electron chi connectivity index (χ3n) is 6.23. The highest BCUT2D eigenvalue weighted by atomic mass is 35.5. The van der Waals surface area contributed by atoms with Crippen LogP contribution >= 0.6 is 11.6 Å². The van der Waals surface area contributed by atoms with Gasteiger partial charge in [0.15, 0.2) is 0 Å². The van der Waals surface area contributed by atoms with E-state index in [1.54, 1.807) is 16.4 Å². The third kappa shape index (κ3) is 4.13. The van der Waals surface area contributed by atoms with Crippen molar-refractivity contribution < 1.29 is 14.3 Å². The summed E-state index contributed by atoms with van der Waals surface area (Å²) in [5, 5.41) is 0.678. The zero-order valence-electron chi connectivity index (χ0n) is 18.8. The maximum atomic E-state index is 13.6. The van der Waals surface area contributed by atoms with E-state index in [-0.39, 0.29) is 0 Å². The lowest BCUT2D eigenvalue weighted by Gasteiger charge is -2.35. The van der Waals surface area contributed by atoms with Gasteiger partial charge in [0.05, 0.1) is 7.11 Å². The highest BCUT2D eigenvalue weighted by Crippen LogP contribution is 2.30. The number of fused-ring (bicyclic) bond motifs is 1. The smallest absolute Gasteiger partial charge is 0.296 e. The van der Waals surface area contributed by atoms with E-state index in [4.69, 9.17) is 16.3 Å². The first-order chi connectivity index (χ1) is 16.5. The fraction of sp³-hybridized carbons (Fsp3) is 0.185. The number of rotatable bonds is 5. The van der Waals surface area contributed by atoms with E-state index in [0.29, 0.717) is 36.9 Å². The monoisotopic (exact) mass is 473 g/mol. The molecule has 2 aromatic heterocycles. The lowest BCUT2D eigenvalue weighted by molar-refractivity contribution is -0.126. The van der Waals surface area contributed by atoms with Crippen molar-refractivity contribution in [2.75, 3.05) is 38.2 Å². The summed E-state index contributed by atoms with van der Waals surface area (Å²) in [4.78, 5) is 30.7. The zero-order chi connectivity index (χ0) is 23.7. The molecule has 0 saturated carbocycles. The maximum Gasteiger partial charge on any atom is 0.296 e. The summed E-state index contributed by atoms with van der Waals surface area (Å²) < 4.78 is 7.06. The van der Waals surface area contributed by atoms with Crippen LogP contribution in [0.4, 0.5) is 5.69 Å². The van der Waals surface area contributed by atoms with E-state index in [1.807, 2.05) is 79.0 Å². The normalized spacial score (nSPS) is 13.8. The summed E-state index contributed by atoms with van der Waals surface area (Å²) in [5.41, 5.74) is 3.83. The molecule has 2 aromatic carbocycles. The summed E-state index contributed by atoms with van der Waals surface area (Å²) in [5.74, 6) is -0.258. The number of carbonyl (C=O) groups excluding carboxylic acids is 2. The summed E-state index contributed by atoms with van der Waals surface area (Å²) >= 11 is 6.13. The number of ketones is 1. The predicted molar refractivity (Wildman–Crippen MR) is 134 cm³/mol. The Labute approximate surface area is 202 Å². The number of pyridine rings is 1. The number of anilines is 1. The van der Waals surface area contributed by atoms with Gasteiger partial charge in [-0.25, -0.2) is 0 Å². The number of carbonyl (C=O) groups is 2. The Bertz CT molecular complexity index is 1360.